The van der Waals surface area contributed by atoms with E-state index in [9.17, 15) is 19.5 Å². The molecule has 1 spiro atoms. The van der Waals surface area contributed by atoms with E-state index in [1.54, 1.807) is 16.7 Å². The number of aliphatic hydroxyl groups excluding tert-OH is 1. The van der Waals surface area contributed by atoms with Gasteiger partial charge >= 0.3 is 0 Å². The Balaban J connectivity index is 1.89. The van der Waals surface area contributed by atoms with Crippen LogP contribution in [0.4, 0.5) is 0 Å². The second-order valence-electron chi connectivity index (χ2n) is 11.4. The summed E-state index contributed by atoms with van der Waals surface area (Å²) in [5.74, 6) is -1.21. The summed E-state index contributed by atoms with van der Waals surface area (Å²) >= 11 is 1.61. The third-order valence-corrected chi connectivity index (χ3v) is 9.87. The normalized spacial score (nSPS) is 35.5. The Morgan fingerprint density at radius 1 is 1.03 bits per heavy atom. The number of nitrogens with zero attached hydrogens (tertiary/aromatic N) is 3. The van der Waals surface area contributed by atoms with Crippen LogP contribution in [-0.4, -0.2) is 91.4 Å². The molecular weight excluding hydrogens is 462 g/mol. The average molecular weight is 504 g/mol. The number of aliphatic hydroxyl groups is 1. The van der Waals surface area contributed by atoms with E-state index < -0.39 is 33.4 Å². The number of carbonyl (C=O) groups is 3. The maximum absolute atomic E-state index is 14.4. The lowest BCUT2D eigenvalue weighted by Crippen LogP contribution is -2.57. The van der Waals surface area contributed by atoms with E-state index in [2.05, 4.69) is 39.8 Å². The lowest BCUT2D eigenvalue weighted by molar-refractivity contribution is -0.148. The summed E-state index contributed by atoms with van der Waals surface area (Å²) in [7, 11) is 0. The van der Waals surface area contributed by atoms with E-state index in [1.807, 2.05) is 35.8 Å². The molecule has 4 aliphatic heterocycles. The number of thioether (sulfide) groups is 1. The number of fused-ring (bicyclic) bond motifs is 2. The van der Waals surface area contributed by atoms with Crippen molar-refractivity contribution < 1.29 is 19.5 Å². The zero-order valence-electron chi connectivity index (χ0n) is 21.9. The van der Waals surface area contributed by atoms with Crippen molar-refractivity contribution in [1.29, 1.82) is 0 Å². The van der Waals surface area contributed by atoms with Crippen LogP contribution in [0.3, 0.4) is 0 Å². The zero-order valence-corrected chi connectivity index (χ0v) is 22.8. The first-order chi connectivity index (χ1) is 16.5. The minimum atomic E-state index is -0.850. The molecule has 7 nitrogen and oxygen atoms in total. The van der Waals surface area contributed by atoms with Gasteiger partial charge in [0.15, 0.2) is 0 Å². The molecule has 6 atom stereocenters. The molecule has 0 radical (unpaired) electrons. The Morgan fingerprint density at radius 2 is 1.71 bits per heavy atom. The first-order valence-electron chi connectivity index (χ1n) is 13.1. The molecule has 4 aliphatic rings. The Labute approximate surface area is 214 Å². The molecule has 3 amide bonds. The highest BCUT2D eigenvalue weighted by molar-refractivity contribution is 8.02. The average Bonchev–Trinajstić information content (AvgIpc) is 3.06. The fourth-order valence-electron chi connectivity index (χ4n) is 6.68. The van der Waals surface area contributed by atoms with Crippen LogP contribution in [-0.2, 0) is 14.4 Å². The standard InChI is InChI=1S/C27H41N3O4S/c1-7-12-28-13-8-10-26(6)20(23(28)32)21-24(33)30(19(16-31)15-17(2)3)22-25(34)29(18(4)5)14-9-11-27(21,22)35-26/h8-11,17-22,31H,7,12-16H2,1-6H3/t19-,20-,21+,22?,26+,27+/m1/s1. The first-order valence-corrected chi connectivity index (χ1v) is 13.9. The molecule has 0 aromatic carbocycles. The molecule has 1 unspecified atom stereocenters. The van der Waals surface area contributed by atoms with Gasteiger partial charge < -0.3 is 19.8 Å². The van der Waals surface area contributed by atoms with Gasteiger partial charge in [-0.15, -0.1) is 11.8 Å². The maximum atomic E-state index is 14.4. The van der Waals surface area contributed by atoms with Gasteiger partial charge in [-0.25, -0.2) is 0 Å². The monoisotopic (exact) mass is 503 g/mol. The highest BCUT2D eigenvalue weighted by Gasteiger charge is 2.74. The third-order valence-electron chi connectivity index (χ3n) is 8.07. The molecule has 194 valence electrons. The fourth-order valence-corrected chi connectivity index (χ4v) is 8.82. The van der Waals surface area contributed by atoms with Gasteiger partial charge in [-0.2, -0.15) is 0 Å². The lowest BCUT2D eigenvalue weighted by atomic mass is 9.74. The maximum Gasteiger partial charge on any atom is 0.247 e. The summed E-state index contributed by atoms with van der Waals surface area (Å²) in [6, 6.07) is -1.23. The van der Waals surface area contributed by atoms with E-state index in [4.69, 9.17) is 0 Å². The van der Waals surface area contributed by atoms with Crippen molar-refractivity contribution >= 4 is 29.5 Å². The molecule has 4 rings (SSSR count). The van der Waals surface area contributed by atoms with Crippen LogP contribution < -0.4 is 0 Å². The first kappa shape index (κ1) is 26.3. The highest BCUT2D eigenvalue weighted by Crippen LogP contribution is 2.66. The molecule has 0 aliphatic carbocycles. The summed E-state index contributed by atoms with van der Waals surface area (Å²) in [4.78, 5) is 47.9. The largest absolute Gasteiger partial charge is 0.394 e. The number of hydrogen-bond acceptors (Lipinski definition) is 5. The zero-order chi connectivity index (χ0) is 25.7. The van der Waals surface area contributed by atoms with Crippen LogP contribution in [0.2, 0.25) is 0 Å². The Bertz CT molecular complexity index is 933. The molecular formula is C27H41N3O4S. The van der Waals surface area contributed by atoms with Gasteiger partial charge in [-0.3, -0.25) is 14.4 Å². The van der Waals surface area contributed by atoms with Crippen molar-refractivity contribution in [2.24, 2.45) is 17.8 Å². The molecule has 0 bridgehead atoms. The van der Waals surface area contributed by atoms with Crippen molar-refractivity contribution in [3.05, 3.63) is 24.3 Å². The summed E-state index contributed by atoms with van der Waals surface area (Å²) in [5, 5.41) is 10.4. The van der Waals surface area contributed by atoms with Gasteiger partial charge in [0.05, 0.1) is 29.2 Å². The van der Waals surface area contributed by atoms with Gasteiger partial charge in [0.25, 0.3) is 0 Å². The minimum Gasteiger partial charge on any atom is -0.394 e. The predicted molar refractivity (Wildman–Crippen MR) is 139 cm³/mol. The van der Waals surface area contributed by atoms with E-state index in [-0.39, 0.29) is 36.3 Å². The fraction of sp³-hybridized carbons (Fsp3) is 0.741. The Morgan fingerprint density at radius 3 is 2.31 bits per heavy atom. The minimum absolute atomic E-state index is 0.00195. The quantitative estimate of drug-likeness (QED) is 0.541. The number of rotatable bonds is 7. The van der Waals surface area contributed by atoms with Crippen LogP contribution >= 0.6 is 11.8 Å². The lowest BCUT2D eigenvalue weighted by Gasteiger charge is -2.40. The van der Waals surface area contributed by atoms with Crippen LogP contribution in [0.5, 0.6) is 0 Å². The molecule has 8 heteroatoms. The molecule has 2 saturated heterocycles. The Kier molecular flexibility index (Phi) is 7.19. The van der Waals surface area contributed by atoms with Crippen molar-refractivity contribution in [2.45, 2.75) is 82.0 Å². The van der Waals surface area contributed by atoms with Crippen LogP contribution in [0.15, 0.2) is 24.3 Å². The number of amides is 3. The van der Waals surface area contributed by atoms with E-state index in [0.29, 0.717) is 26.1 Å². The van der Waals surface area contributed by atoms with Crippen LogP contribution in [0.1, 0.15) is 54.4 Å². The number of likely N-dealkylation sites (tertiary alicyclic amines) is 1. The van der Waals surface area contributed by atoms with Crippen molar-refractivity contribution in [2.75, 3.05) is 26.2 Å². The smallest absolute Gasteiger partial charge is 0.247 e. The van der Waals surface area contributed by atoms with Crippen molar-refractivity contribution in [3.63, 3.8) is 0 Å². The second-order valence-corrected chi connectivity index (χ2v) is 13.2. The SMILES string of the molecule is CCCN1CC=C[C@]2(C)S[C@]34C=CCN(C(C)C)C(=O)C3N([C@@H](CO)CC(C)C)C(=O)[C@@H]4[C@@H]2C1=O. The van der Waals surface area contributed by atoms with E-state index in [0.717, 1.165) is 6.42 Å². The number of carbonyl (C=O) groups excluding carboxylic acids is 3. The third kappa shape index (κ3) is 4.05. The summed E-state index contributed by atoms with van der Waals surface area (Å²) in [6.07, 6.45) is 9.66. The van der Waals surface area contributed by atoms with Gasteiger partial charge in [-0.05, 0) is 39.5 Å². The molecule has 2 fully saturated rings. The van der Waals surface area contributed by atoms with Gasteiger partial charge in [0.2, 0.25) is 17.7 Å². The topological polar surface area (TPSA) is 81.2 Å². The predicted octanol–water partition coefficient (Wildman–Crippen LogP) is 2.70. The van der Waals surface area contributed by atoms with Crippen LogP contribution in [0.25, 0.3) is 0 Å². The van der Waals surface area contributed by atoms with Crippen LogP contribution in [0, 0.1) is 17.8 Å². The van der Waals surface area contributed by atoms with Gasteiger partial charge in [0, 0.05) is 30.4 Å². The number of hydrogen-bond donors (Lipinski definition) is 1. The summed E-state index contributed by atoms with van der Waals surface area (Å²) in [6.45, 7) is 13.7. The summed E-state index contributed by atoms with van der Waals surface area (Å²) < 4.78 is -1.44. The molecule has 0 aromatic rings. The molecule has 0 aromatic heterocycles. The van der Waals surface area contributed by atoms with Crippen molar-refractivity contribution in [3.8, 4) is 0 Å². The van der Waals surface area contributed by atoms with E-state index in [1.165, 1.54) is 0 Å². The van der Waals surface area contributed by atoms with E-state index >= 15 is 0 Å². The van der Waals surface area contributed by atoms with Gasteiger partial charge in [0.1, 0.15) is 6.04 Å². The molecule has 35 heavy (non-hydrogen) atoms. The molecule has 0 saturated carbocycles. The van der Waals surface area contributed by atoms with Gasteiger partial charge in [-0.1, -0.05) is 45.1 Å². The second kappa shape index (κ2) is 9.58. The molecule has 1 N–H and O–H groups in total. The summed E-state index contributed by atoms with van der Waals surface area (Å²) in [5.41, 5.74) is 0. The Hall–Kier alpha value is -1.80. The van der Waals surface area contributed by atoms with Crippen molar-refractivity contribution in [1.82, 2.24) is 14.7 Å². The highest BCUT2D eigenvalue weighted by atomic mass is 32.2. The molecule has 4 heterocycles.